The monoisotopic (exact) mass is 363 g/mol. The number of pyridine rings is 1. The van der Waals surface area contributed by atoms with Crippen molar-refractivity contribution in [2.24, 2.45) is 5.92 Å². The van der Waals surface area contributed by atoms with E-state index in [1.807, 2.05) is 35.2 Å². The molecule has 1 N–H and O–H groups in total. The van der Waals surface area contributed by atoms with Gasteiger partial charge in [-0.05, 0) is 50.7 Å². The van der Waals surface area contributed by atoms with Crippen molar-refractivity contribution >= 4 is 22.7 Å². The van der Waals surface area contributed by atoms with E-state index in [1.165, 1.54) is 12.8 Å². The number of hydrogen-bond acceptors (Lipinski definition) is 3. The van der Waals surface area contributed by atoms with Crippen LogP contribution in [-0.4, -0.2) is 40.8 Å². The topological polar surface area (TPSA) is 62.3 Å². The second-order valence-corrected chi connectivity index (χ2v) is 8.24. The summed E-state index contributed by atoms with van der Waals surface area (Å²) in [7, 11) is 0. The molecular formula is C22H25N3O2. The molecule has 27 heavy (non-hydrogen) atoms. The molecule has 2 heterocycles. The smallest absolute Gasteiger partial charge is 0.254 e. The Morgan fingerprint density at radius 3 is 2.44 bits per heavy atom. The highest BCUT2D eigenvalue weighted by Gasteiger charge is 2.33. The number of hydrogen-bond donors (Lipinski definition) is 1. The number of para-hydroxylation sites is 1. The van der Waals surface area contributed by atoms with Gasteiger partial charge in [-0.3, -0.25) is 14.6 Å². The highest BCUT2D eigenvalue weighted by molar-refractivity contribution is 6.06. The van der Waals surface area contributed by atoms with Crippen LogP contribution in [0.15, 0.2) is 30.3 Å². The normalized spacial score (nSPS) is 20.7. The molecular weight excluding hydrogens is 338 g/mol. The van der Waals surface area contributed by atoms with Crippen LogP contribution in [0.3, 0.4) is 0 Å². The Balaban J connectivity index is 1.33. The first kappa shape index (κ1) is 16.7. The van der Waals surface area contributed by atoms with Gasteiger partial charge in [-0.1, -0.05) is 18.2 Å². The molecule has 1 aromatic heterocycles. The Morgan fingerprint density at radius 1 is 1.00 bits per heavy atom. The van der Waals surface area contributed by atoms with Gasteiger partial charge in [-0.15, -0.1) is 0 Å². The molecule has 1 aliphatic heterocycles. The van der Waals surface area contributed by atoms with Crippen LogP contribution in [0.2, 0.25) is 0 Å². The minimum atomic E-state index is 0.0995. The third kappa shape index (κ3) is 3.43. The number of rotatable bonds is 4. The summed E-state index contributed by atoms with van der Waals surface area (Å²) in [5, 5.41) is 4.10. The van der Waals surface area contributed by atoms with Crippen LogP contribution in [0.1, 0.15) is 60.5 Å². The molecule has 2 amide bonds. The predicted molar refractivity (Wildman–Crippen MR) is 104 cm³/mol. The predicted octanol–water partition coefficient (Wildman–Crippen LogP) is 3.24. The number of piperidine rings is 1. The van der Waals surface area contributed by atoms with Gasteiger partial charge in [0.25, 0.3) is 5.91 Å². The molecule has 1 saturated heterocycles. The van der Waals surface area contributed by atoms with Crippen molar-refractivity contribution in [1.29, 1.82) is 0 Å². The minimum absolute atomic E-state index is 0.0995. The molecule has 5 nitrogen and oxygen atoms in total. The summed E-state index contributed by atoms with van der Waals surface area (Å²) in [5.74, 6) is 1.06. The van der Waals surface area contributed by atoms with E-state index in [1.54, 1.807) is 0 Å². The number of fused-ring (bicyclic) bond motifs is 1. The van der Waals surface area contributed by atoms with Gasteiger partial charge in [0.15, 0.2) is 0 Å². The van der Waals surface area contributed by atoms with Crippen LogP contribution >= 0.6 is 0 Å². The summed E-state index contributed by atoms with van der Waals surface area (Å²) in [4.78, 5) is 31.9. The van der Waals surface area contributed by atoms with Gasteiger partial charge in [0.1, 0.15) is 0 Å². The fourth-order valence-corrected chi connectivity index (χ4v) is 4.02. The third-order valence-electron chi connectivity index (χ3n) is 6.04. The van der Waals surface area contributed by atoms with Gasteiger partial charge in [-0.2, -0.15) is 0 Å². The molecule has 5 heteroatoms. The van der Waals surface area contributed by atoms with Gasteiger partial charge in [0.2, 0.25) is 5.91 Å². The largest absolute Gasteiger partial charge is 0.353 e. The average molecular weight is 363 g/mol. The van der Waals surface area contributed by atoms with Crippen molar-refractivity contribution in [1.82, 2.24) is 15.2 Å². The summed E-state index contributed by atoms with van der Waals surface area (Å²) in [5.41, 5.74) is 2.75. The number of amides is 2. The van der Waals surface area contributed by atoms with E-state index in [9.17, 15) is 9.59 Å². The van der Waals surface area contributed by atoms with Crippen molar-refractivity contribution < 1.29 is 9.59 Å². The lowest BCUT2D eigenvalue weighted by Gasteiger charge is -2.32. The maximum atomic E-state index is 13.3. The summed E-state index contributed by atoms with van der Waals surface area (Å²) in [6, 6.07) is 10.2. The Hall–Kier alpha value is -2.43. The Bertz CT molecular complexity index is 894. The van der Waals surface area contributed by atoms with Crippen molar-refractivity contribution in [3.05, 3.63) is 41.6 Å². The van der Waals surface area contributed by atoms with Crippen LogP contribution < -0.4 is 5.32 Å². The zero-order valence-corrected chi connectivity index (χ0v) is 15.5. The molecule has 140 valence electrons. The van der Waals surface area contributed by atoms with Gasteiger partial charge in [0, 0.05) is 42.0 Å². The van der Waals surface area contributed by atoms with Gasteiger partial charge < -0.3 is 10.2 Å². The van der Waals surface area contributed by atoms with E-state index < -0.39 is 0 Å². The minimum Gasteiger partial charge on any atom is -0.353 e. The van der Waals surface area contributed by atoms with Crippen LogP contribution in [0, 0.1) is 5.92 Å². The fraction of sp³-hybridized carbons (Fsp3) is 0.500. The molecule has 2 saturated carbocycles. The molecule has 0 spiro atoms. The molecule has 2 aromatic rings. The van der Waals surface area contributed by atoms with Gasteiger partial charge >= 0.3 is 0 Å². The van der Waals surface area contributed by atoms with Crippen LogP contribution in [0.4, 0.5) is 0 Å². The molecule has 3 aliphatic rings. The lowest BCUT2D eigenvalue weighted by atomic mass is 10.0. The number of carbonyl (C=O) groups is 2. The van der Waals surface area contributed by atoms with Crippen molar-refractivity contribution in [2.45, 2.75) is 50.5 Å². The zero-order valence-electron chi connectivity index (χ0n) is 15.5. The molecule has 0 bridgehead atoms. The lowest BCUT2D eigenvalue weighted by Crippen LogP contribution is -2.47. The van der Waals surface area contributed by atoms with E-state index in [4.69, 9.17) is 4.98 Å². The highest BCUT2D eigenvalue weighted by atomic mass is 16.2. The van der Waals surface area contributed by atoms with Crippen LogP contribution in [-0.2, 0) is 4.79 Å². The van der Waals surface area contributed by atoms with Gasteiger partial charge in [-0.25, -0.2) is 0 Å². The Labute approximate surface area is 159 Å². The number of nitrogens with one attached hydrogen (secondary N) is 1. The van der Waals surface area contributed by atoms with E-state index in [2.05, 4.69) is 5.32 Å². The van der Waals surface area contributed by atoms with E-state index in [0.29, 0.717) is 19.0 Å². The third-order valence-corrected chi connectivity index (χ3v) is 6.04. The first-order valence-electron chi connectivity index (χ1n) is 10.2. The van der Waals surface area contributed by atoms with E-state index >= 15 is 0 Å². The second-order valence-electron chi connectivity index (χ2n) is 8.24. The molecule has 2 aliphatic carbocycles. The van der Waals surface area contributed by atoms with E-state index in [-0.39, 0.29) is 23.8 Å². The fourth-order valence-electron chi connectivity index (χ4n) is 4.02. The maximum absolute atomic E-state index is 13.3. The first-order chi connectivity index (χ1) is 13.2. The summed E-state index contributed by atoms with van der Waals surface area (Å²) in [6.45, 7) is 1.40. The Morgan fingerprint density at radius 2 is 1.74 bits per heavy atom. The van der Waals surface area contributed by atoms with Crippen molar-refractivity contribution in [3.63, 3.8) is 0 Å². The lowest BCUT2D eigenvalue weighted by molar-refractivity contribution is -0.123. The SMILES string of the molecule is O=C(NC1CCN(C(=O)c2cc(C3CC3)nc3ccccc23)CC1)C1CC1. The number of benzene rings is 1. The van der Waals surface area contributed by atoms with E-state index in [0.717, 1.165) is 47.8 Å². The summed E-state index contributed by atoms with van der Waals surface area (Å²) in [6.07, 6.45) is 6.07. The van der Waals surface area contributed by atoms with Crippen LogP contribution in [0.5, 0.6) is 0 Å². The first-order valence-corrected chi connectivity index (χ1v) is 10.2. The molecule has 5 rings (SSSR count). The second kappa shape index (κ2) is 6.63. The van der Waals surface area contributed by atoms with Crippen molar-refractivity contribution in [3.8, 4) is 0 Å². The number of nitrogens with zero attached hydrogens (tertiary/aromatic N) is 2. The maximum Gasteiger partial charge on any atom is 0.254 e. The number of aromatic nitrogens is 1. The molecule has 0 atom stereocenters. The standard InChI is InChI=1S/C22H25N3O2/c26-21(15-7-8-15)23-16-9-11-25(12-10-16)22(27)18-13-20(14-5-6-14)24-19-4-2-1-3-17(18)19/h1-4,13-16H,5-12H2,(H,23,26). The quantitative estimate of drug-likeness (QED) is 0.907. The molecule has 1 aromatic carbocycles. The average Bonchev–Trinajstić information content (AvgIpc) is 3.59. The summed E-state index contributed by atoms with van der Waals surface area (Å²) >= 11 is 0. The Kier molecular flexibility index (Phi) is 4.10. The van der Waals surface area contributed by atoms with Crippen LogP contribution in [0.25, 0.3) is 10.9 Å². The van der Waals surface area contributed by atoms with Gasteiger partial charge in [0.05, 0.1) is 11.1 Å². The zero-order chi connectivity index (χ0) is 18.4. The van der Waals surface area contributed by atoms with Crippen molar-refractivity contribution in [2.75, 3.05) is 13.1 Å². The summed E-state index contributed by atoms with van der Waals surface area (Å²) < 4.78 is 0. The molecule has 0 radical (unpaired) electrons. The molecule has 3 fully saturated rings. The number of carbonyl (C=O) groups excluding carboxylic acids is 2. The molecule has 0 unspecified atom stereocenters. The number of likely N-dealkylation sites (tertiary alicyclic amines) is 1. The highest BCUT2D eigenvalue weighted by Crippen LogP contribution is 2.40.